The number of furan rings is 1. The van der Waals surface area contributed by atoms with Gasteiger partial charge in [-0.2, -0.15) is 0 Å². The standard InChI is InChI=1S/C43H28ClN3OS/c44-31-18-19-36-35(24-31)40-32(10-6-11-37(40)48-36)28-15-13-27-22-29(16-14-26(27)21-28)42-45-41(25-7-2-1-3-8-25)46-43(47-42)30-17-20-39-34(23-30)33-9-4-5-12-38(33)49-39/h1-24,41-42,45H,(H,46,47). The summed E-state index contributed by atoms with van der Waals surface area (Å²) in [6.07, 6.45) is -0.346. The fraction of sp³-hybridized carbons (Fsp3) is 0.0465. The van der Waals surface area contributed by atoms with Gasteiger partial charge in [0.1, 0.15) is 29.3 Å². The van der Waals surface area contributed by atoms with Crippen LogP contribution in [0.1, 0.15) is 29.0 Å². The molecular weight excluding hydrogens is 642 g/mol. The molecule has 2 atom stereocenters. The quantitative estimate of drug-likeness (QED) is 0.196. The van der Waals surface area contributed by atoms with Crippen LogP contribution in [0.2, 0.25) is 5.02 Å². The molecule has 9 aromatic rings. The van der Waals surface area contributed by atoms with Crippen LogP contribution < -0.4 is 10.6 Å². The molecule has 0 radical (unpaired) electrons. The smallest absolute Gasteiger partial charge is 0.136 e. The summed E-state index contributed by atoms with van der Waals surface area (Å²) in [5.74, 6) is 0.880. The lowest BCUT2D eigenvalue weighted by Crippen LogP contribution is -2.44. The van der Waals surface area contributed by atoms with Gasteiger partial charge in [0.15, 0.2) is 0 Å². The highest BCUT2D eigenvalue weighted by Crippen LogP contribution is 2.39. The molecule has 1 aliphatic rings. The molecule has 4 nitrogen and oxygen atoms in total. The molecule has 0 amide bonds. The Morgan fingerprint density at radius 1 is 0.592 bits per heavy atom. The van der Waals surface area contributed by atoms with Crippen LogP contribution in [0.5, 0.6) is 0 Å². The van der Waals surface area contributed by atoms with Gasteiger partial charge in [0, 0.05) is 41.5 Å². The zero-order valence-electron chi connectivity index (χ0n) is 26.2. The summed E-state index contributed by atoms with van der Waals surface area (Å²) in [5.41, 5.74) is 7.31. The maximum atomic E-state index is 6.40. The summed E-state index contributed by atoms with van der Waals surface area (Å²) in [7, 11) is 0. The number of fused-ring (bicyclic) bond motifs is 7. The number of benzene rings is 7. The molecule has 0 fully saturated rings. The van der Waals surface area contributed by atoms with E-state index in [1.54, 1.807) is 0 Å². The highest BCUT2D eigenvalue weighted by atomic mass is 35.5. The molecule has 0 aliphatic carbocycles. The number of rotatable bonds is 4. The Kier molecular flexibility index (Phi) is 6.59. The lowest BCUT2D eigenvalue weighted by atomic mass is 9.96. The van der Waals surface area contributed by atoms with Crippen molar-refractivity contribution >= 4 is 81.7 Å². The van der Waals surface area contributed by atoms with Crippen molar-refractivity contribution < 1.29 is 4.42 Å². The zero-order valence-corrected chi connectivity index (χ0v) is 27.7. The van der Waals surface area contributed by atoms with Crippen LogP contribution in [-0.2, 0) is 0 Å². The molecule has 2 unspecified atom stereocenters. The summed E-state index contributed by atoms with van der Waals surface area (Å²) in [5, 5.41) is 15.2. The third-order valence-corrected chi connectivity index (χ3v) is 11.0. The predicted molar refractivity (Wildman–Crippen MR) is 206 cm³/mol. The highest BCUT2D eigenvalue weighted by Gasteiger charge is 2.26. The van der Waals surface area contributed by atoms with Gasteiger partial charge < -0.3 is 9.73 Å². The van der Waals surface area contributed by atoms with Gasteiger partial charge in [-0.05, 0) is 93.7 Å². The second kappa shape index (κ2) is 11.3. The topological polar surface area (TPSA) is 49.6 Å². The van der Waals surface area contributed by atoms with Crippen LogP contribution >= 0.6 is 22.9 Å². The van der Waals surface area contributed by atoms with Crippen molar-refractivity contribution in [3.05, 3.63) is 167 Å². The van der Waals surface area contributed by atoms with Crippen molar-refractivity contribution in [2.45, 2.75) is 12.3 Å². The van der Waals surface area contributed by atoms with E-state index in [4.69, 9.17) is 21.0 Å². The lowest BCUT2D eigenvalue weighted by Gasteiger charge is -2.32. The predicted octanol–water partition coefficient (Wildman–Crippen LogP) is 11.8. The maximum Gasteiger partial charge on any atom is 0.136 e. The fourth-order valence-electron chi connectivity index (χ4n) is 7.21. The SMILES string of the molecule is Clc1ccc2oc3cccc(-c4ccc5cc(C6NC(c7ccc8sc9ccccc9c8c7)=NC(c7ccccc7)N6)ccc5c4)c3c2c1. The largest absolute Gasteiger partial charge is 0.456 e. The molecule has 234 valence electrons. The molecular formula is C43H28ClN3OS. The number of thiophene rings is 1. The minimum absolute atomic E-state index is 0.146. The molecule has 7 aromatic carbocycles. The molecule has 0 bridgehead atoms. The van der Waals surface area contributed by atoms with Gasteiger partial charge in [-0.15, -0.1) is 11.3 Å². The Balaban J connectivity index is 1.03. The van der Waals surface area contributed by atoms with Gasteiger partial charge in [0.05, 0.1) is 0 Å². The first-order chi connectivity index (χ1) is 24.1. The molecule has 2 N–H and O–H groups in total. The first-order valence-corrected chi connectivity index (χ1v) is 17.6. The van der Waals surface area contributed by atoms with E-state index in [0.29, 0.717) is 5.02 Å². The maximum absolute atomic E-state index is 6.40. The van der Waals surface area contributed by atoms with E-state index in [0.717, 1.165) is 55.6 Å². The third kappa shape index (κ3) is 4.89. The van der Waals surface area contributed by atoms with E-state index in [1.807, 2.05) is 41.7 Å². The van der Waals surface area contributed by atoms with E-state index < -0.39 is 0 Å². The van der Waals surface area contributed by atoms with Crippen LogP contribution in [0.4, 0.5) is 0 Å². The van der Waals surface area contributed by atoms with Crippen LogP contribution in [-0.4, -0.2) is 5.84 Å². The normalized spacial score (nSPS) is 16.5. The molecule has 3 heterocycles. The van der Waals surface area contributed by atoms with E-state index in [9.17, 15) is 0 Å². The van der Waals surface area contributed by atoms with Crippen molar-refractivity contribution in [2.75, 3.05) is 0 Å². The number of hydrogen-bond acceptors (Lipinski definition) is 5. The zero-order chi connectivity index (χ0) is 32.5. The van der Waals surface area contributed by atoms with Gasteiger partial charge in [-0.1, -0.05) is 96.5 Å². The summed E-state index contributed by atoms with van der Waals surface area (Å²) in [6, 6.07) is 51.2. The Bertz CT molecular complexity index is 2760. The third-order valence-electron chi connectivity index (χ3n) is 9.59. The van der Waals surface area contributed by atoms with E-state index in [1.165, 1.54) is 30.9 Å². The molecule has 49 heavy (non-hydrogen) atoms. The Hall–Kier alpha value is -5.46. The molecule has 1 aliphatic heterocycles. The van der Waals surface area contributed by atoms with Crippen LogP contribution in [0.15, 0.2) is 155 Å². The molecule has 0 spiro atoms. The number of halogens is 1. The number of nitrogens with zero attached hydrogens (tertiary/aromatic N) is 1. The van der Waals surface area contributed by atoms with Gasteiger partial charge in [0.2, 0.25) is 0 Å². The van der Waals surface area contributed by atoms with Gasteiger partial charge in [0.25, 0.3) is 0 Å². The van der Waals surface area contributed by atoms with Gasteiger partial charge in [-0.3, -0.25) is 5.32 Å². The minimum Gasteiger partial charge on any atom is -0.456 e. The lowest BCUT2D eigenvalue weighted by molar-refractivity contribution is 0.409. The van der Waals surface area contributed by atoms with Crippen molar-refractivity contribution in [1.29, 1.82) is 0 Å². The average Bonchev–Trinajstić information content (AvgIpc) is 3.72. The van der Waals surface area contributed by atoms with Crippen molar-refractivity contribution in [2.24, 2.45) is 4.99 Å². The summed E-state index contributed by atoms with van der Waals surface area (Å²) >= 11 is 8.23. The van der Waals surface area contributed by atoms with Crippen LogP contribution in [0.3, 0.4) is 0 Å². The second-order valence-corrected chi connectivity index (χ2v) is 14.1. The monoisotopic (exact) mass is 669 g/mol. The van der Waals surface area contributed by atoms with E-state index in [-0.39, 0.29) is 12.3 Å². The second-order valence-electron chi connectivity index (χ2n) is 12.6. The first kappa shape index (κ1) is 28.5. The Morgan fingerprint density at radius 3 is 2.35 bits per heavy atom. The Labute approximate surface area is 291 Å². The summed E-state index contributed by atoms with van der Waals surface area (Å²) < 4.78 is 8.76. The van der Waals surface area contributed by atoms with Crippen molar-refractivity contribution in [3.8, 4) is 11.1 Å². The molecule has 0 saturated heterocycles. The summed E-state index contributed by atoms with van der Waals surface area (Å²) in [6.45, 7) is 0. The minimum atomic E-state index is -0.200. The van der Waals surface area contributed by atoms with Gasteiger partial charge in [-0.25, -0.2) is 4.99 Å². The molecule has 10 rings (SSSR count). The van der Waals surface area contributed by atoms with Crippen LogP contribution in [0.25, 0.3) is 64.0 Å². The van der Waals surface area contributed by atoms with E-state index in [2.05, 4.69) is 126 Å². The fourth-order valence-corrected chi connectivity index (χ4v) is 8.47. The number of amidine groups is 1. The Morgan fingerprint density at radius 2 is 1.41 bits per heavy atom. The number of aliphatic imine (C=N–C) groups is 1. The van der Waals surface area contributed by atoms with Crippen LogP contribution in [0, 0.1) is 0 Å². The molecule has 6 heteroatoms. The average molecular weight is 670 g/mol. The molecule has 0 saturated carbocycles. The van der Waals surface area contributed by atoms with Gasteiger partial charge >= 0.3 is 0 Å². The number of hydrogen-bond donors (Lipinski definition) is 2. The van der Waals surface area contributed by atoms with Crippen molar-refractivity contribution in [3.63, 3.8) is 0 Å². The highest BCUT2D eigenvalue weighted by molar-refractivity contribution is 7.25. The van der Waals surface area contributed by atoms with E-state index >= 15 is 0 Å². The molecule has 2 aromatic heterocycles. The first-order valence-electron chi connectivity index (χ1n) is 16.4. The number of nitrogens with one attached hydrogen (secondary N) is 2. The summed E-state index contributed by atoms with van der Waals surface area (Å²) in [4.78, 5) is 5.21. The van der Waals surface area contributed by atoms with Crippen molar-refractivity contribution in [1.82, 2.24) is 10.6 Å².